The fourth-order valence-electron chi connectivity index (χ4n) is 3.20. The van der Waals surface area contributed by atoms with Gasteiger partial charge in [-0.25, -0.2) is 0 Å². The van der Waals surface area contributed by atoms with Gasteiger partial charge in [-0.1, -0.05) is 33.1 Å². The zero-order chi connectivity index (χ0) is 13.6. The van der Waals surface area contributed by atoms with E-state index in [4.69, 9.17) is 0 Å². The average molecular weight is 254 g/mol. The van der Waals surface area contributed by atoms with Crippen LogP contribution in [0.15, 0.2) is 0 Å². The van der Waals surface area contributed by atoms with Crippen LogP contribution in [0.1, 0.15) is 65.2 Å². The topological polar surface area (TPSA) is 32.3 Å². The summed E-state index contributed by atoms with van der Waals surface area (Å²) in [6, 6.07) is 0.398. The van der Waals surface area contributed by atoms with Crippen LogP contribution in [0, 0.1) is 0 Å². The molecule has 0 radical (unpaired) electrons. The molecule has 1 rings (SSSR count). The summed E-state index contributed by atoms with van der Waals surface area (Å²) in [4.78, 5) is 14.4. The molecule has 1 amide bonds. The first-order valence-electron chi connectivity index (χ1n) is 7.53. The predicted octanol–water partition coefficient (Wildman–Crippen LogP) is 2.95. The molecule has 0 aliphatic heterocycles. The van der Waals surface area contributed by atoms with Gasteiger partial charge in [0.25, 0.3) is 0 Å². The second-order valence-electron chi connectivity index (χ2n) is 5.74. The van der Waals surface area contributed by atoms with Crippen molar-refractivity contribution in [1.29, 1.82) is 0 Å². The number of hydrogen-bond acceptors (Lipinski definition) is 2. The van der Waals surface area contributed by atoms with Crippen molar-refractivity contribution in [3.63, 3.8) is 0 Å². The highest BCUT2D eigenvalue weighted by Gasteiger charge is 2.34. The maximum absolute atomic E-state index is 12.4. The third-order valence-corrected chi connectivity index (χ3v) is 4.71. The molecule has 0 unspecified atom stereocenters. The summed E-state index contributed by atoms with van der Waals surface area (Å²) in [5.41, 5.74) is 0.0651. The highest BCUT2D eigenvalue weighted by molar-refractivity contribution is 5.77. The van der Waals surface area contributed by atoms with Crippen LogP contribution in [0.5, 0.6) is 0 Å². The fourth-order valence-corrected chi connectivity index (χ4v) is 3.20. The van der Waals surface area contributed by atoms with Crippen LogP contribution >= 0.6 is 0 Å². The van der Waals surface area contributed by atoms with Crippen molar-refractivity contribution in [3.05, 3.63) is 0 Å². The Balaban J connectivity index is 2.61. The summed E-state index contributed by atoms with van der Waals surface area (Å²) in [7, 11) is 3.97. The van der Waals surface area contributed by atoms with Gasteiger partial charge in [0.05, 0.1) is 0 Å². The summed E-state index contributed by atoms with van der Waals surface area (Å²) in [5.74, 6) is 0.306. The second kappa shape index (κ2) is 7.13. The molecule has 3 heteroatoms. The third kappa shape index (κ3) is 3.71. The zero-order valence-electron chi connectivity index (χ0n) is 12.6. The van der Waals surface area contributed by atoms with Crippen molar-refractivity contribution in [3.8, 4) is 0 Å². The van der Waals surface area contributed by atoms with Gasteiger partial charge in [0.1, 0.15) is 0 Å². The van der Waals surface area contributed by atoms with E-state index in [1.807, 2.05) is 19.0 Å². The van der Waals surface area contributed by atoms with Gasteiger partial charge in [-0.2, -0.15) is 0 Å². The molecule has 0 aromatic heterocycles. The van der Waals surface area contributed by atoms with E-state index in [0.717, 1.165) is 25.7 Å². The number of rotatable bonds is 6. The van der Waals surface area contributed by atoms with E-state index in [1.54, 1.807) is 0 Å². The summed E-state index contributed by atoms with van der Waals surface area (Å²) in [6.07, 6.45) is 8.87. The van der Waals surface area contributed by atoms with Gasteiger partial charge in [0.15, 0.2) is 0 Å². The molecule has 0 aromatic rings. The van der Waals surface area contributed by atoms with Crippen molar-refractivity contribution < 1.29 is 4.79 Å². The number of hydrogen-bond donors (Lipinski definition) is 1. The third-order valence-electron chi connectivity index (χ3n) is 4.71. The lowest BCUT2D eigenvalue weighted by molar-refractivity contribution is -0.134. The maximum Gasteiger partial charge on any atom is 0.224 e. The van der Waals surface area contributed by atoms with E-state index in [-0.39, 0.29) is 5.54 Å². The van der Waals surface area contributed by atoms with E-state index in [9.17, 15) is 4.79 Å². The minimum Gasteiger partial charge on any atom is -0.343 e. The molecule has 0 aromatic carbocycles. The minimum atomic E-state index is 0.0651. The van der Waals surface area contributed by atoms with E-state index < -0.39 is 0 Å². The summed E-state index contributed by atoms with van der Waals surface area (Å²) in [6.45, 7) is 4.32. The molecule has 0 atom stereocenters. The molecule has 1 aliphatic rings. The Morgan fingerprint density at radius 1 is 1.22 bits per heavy atom. The van der Waals surface area contributed by atoms with E-state index in [2.05, 4.69) is 19.2 Å². The van der Waals surface area contributed by atoms with Gasteiger partial charge in [0.2, 0.25) is 5.91 Å². The first kappa shape index (κ1) is 15.5. The number of nitrogens with zero attached hydrogens (tertiary/aromatic N) is 1. The number of nitrogens with one attached hydrogen (secondary N) is 1. The lowest BCUT2D eigenvalue weighted by Crippen LogP contribution is -2.49. The summed E-state index contributed by atoms with van der Waals surface area (Å²) >= 11 is 0. The number of amides is 1. The van der Waals surface area contributed by atoms with Crippen LogP contribution in [-0.2, 0) is 4.79 Å². The Morgan fingerprint density at radius 3 is 2.22 bits per heavy atom. The van der Waals surface area contributed by atoms with Crippen molar-refractivity contribution in [2.75, 3.05) is 14.1 Å². The predicted molar refractivity (Wildman–Crippen MR) is 76.6 cm³/mol. The Bertz CT molecular complexity index is 255. The van der Waals surface area contributed by atoms with Crippen molar-refractivity contribution in [2.45, 2.75) is 76.8 Å². The Hall–Kier alpha value is -0.570. The van der Waals surface area contributed by atoms with Crippen molar-refractivity contribution in [2.24, 2.45) is 0 Å². The lowest BCUT2D eigenvalue weighted by Gasteiger charge is -2.38. The Morgan fingerprint density at radius 2 is 1.78 bits per heavy atom. The van der Waals surface area contributed by atoms with Crippen molar-refractivity contribution >= 4 is 5.91 Å². The van der Waals surface area contributed by atoms with Crippen LogP contribution in [0.25, 0.3) is 0 Å². The summed E-state index contributed by atoms with van der Waals surface area (Å²) < 4.78 is 0. The molecule has 0 saturated heterocycles. The largest absolute Gasteiger partial charge is 0.343 e. The molecule has 18 heavy (non-hydrogen) atoms. The standard InChI is InChI=1S/C15H30N2O/c1-5-13(6-2)17(4)14(18)12-15(16-3)10-8-7-9-11-15/h13,16H,5-12H2,1-4H3. The quantitative estimate of drug-likeness (QED) is 0.790. The van der Waals surface area contributed by atoms with Crippen LogP contribution in [-0.4, -0.2) is 36.5 Å². The van der Waals surface area contributed by atoms with Gasteiger partial charge >= 0.3 is 0 Å². The van der Waals surface area contributed by atoms with Gasteiger partial charge in [-0.3, -0.25) is 4.79 Å². The molecule has 1 saturated carbocycles. The average Bonchev–Trinajstić information content (AvgIpc) is 2.41. The normalized spacial score (nSPS) is 18.9. The summed E-state index contributed by atoms with van der Waals surface area (Å²) in [5, 5.41) is 3.43. The molecule has 0 heterocycles. The van der Waals surface area contributed by atoms with Gasteiger partial charge in [-0.15, -0.1) is 0 Å². The number of carbonyl (C=O) groups excluding carboxylic acids is 1. The Labute approximate surface area is 112 Å². The van der Waals surface area contributed by atoms with Crippen LogP contribution in [0.3, 0.4) is 0 Å². The highest BCUT2D eigenvalue weighted by atomic mass is 16.2. The minimum absolute atomic E-state index is 0.0651. The monoisotopic (exact) mass is 254 g/mol. The molecule has 1 aliphatic carbocycles. The van der Waals surface area contributed by atoms with Gasteiger partial charge in [-0.05, 0) is 32.7 Å². The second-order valence-corrected chi connectivity index (χ2v) is 5.74. The molecule has 0 bridgehead atoms. The molecule has 0 spiro atoms. The highest BCUT2D eigenvalue weighted by Crippen LogP contribution is 2.31. The molecule has 1 fully saturated rings. The molecular formula is C15H30N2O. The SMILES string of the molecule is CCC(CC)N(C)C(=O)CC1(NC)CCCCC1. The van der Waals surface area contributed by atoms with E-state index in [0.29, 0.717) is 18.4 Å². The molecule has 3 nitrogen and oxygen atoms in total. The molecule has 106 valence electrons. The van der Waals surface area contributed by atoms with Crippen LogP contribution in [0.2, 0.25) is 0 Å². The van der Waals surface area contributed by atoms with E-state index >= 15 is 0 Å². The number of carbonyl (C=O) groups is 1. The first-order chi connectivity index (χ1) is 8.58. The zero-order valence-corrected chi connectivity index (χ0v) is 12.6. The van der Waals surface area contributed by atoms with Crippen molar-refractivity contribution in [1.82, 2.24) is 10.2 Å². The first-order valence-corrected chi connectivity index (χ1v) is 7.53. The molecule has 1 N–H and O–H groups in total. The van der Waals surface area contributed by atoms with E-state index in [1.165, 1.54) is 19.3 Å². The Kier molecular flexibility index (Phi) is 6.13. The van der Waals surface area contributed by atoms with Crippen LogP contribution in [0.4, 0.5) is 0 Å². The van der Waals surface area contributed by atoms with Crippen LogP contribution < -0.4 is 5.32 Å². The van der Waals surface area contributed by atoms with Gasteiger partial charge < -0.3 is 10.2 Å². The molecular weight excluding hydrogens is 224 g/mol. The fraction of sp³-hybridized carbons (Fsp3) is 0.933. The lowest BCUT2D eigenvalue weighted by atomic mass is 9.79. The smallest absolute Gasteiger partial charge is 0.224 e. The maximum atomic E-state index is 12.4. The van der Waals surface area contributed by atoms with Gasteiger partial charge in [0, 0.05) is 25.0 Å².